The summed E-state index contributed by atoms with van der Waals surface area (Å²) >= 11 is 0. The Hall–Kier alpha value is -6.01. The van der Waals surface area contributed by atoms with Gasteiger partial charge in [0.1, 0.15) is 36.5 Å². The van der Waals surface area contributed by atoms with E-state index in [2.05, 4.69) is 31.6 Å². The summed E-state index contributed by atoms with van der Waals surface area (Å²) in [6.45, 7) is 2.98. The van der Waals surface area contributed by atoms with Crippen molar-refractivity contribution in [3.63, 3.8) is 0 Å². The van der Waals surface area contributed by atoms with Gasteiger partial charge in [0.05, 0.1) is 6.04 Å². The molecule has 1 heterocycles. The maximum Gasteiger partial charge on any atom is 0.322 e. The summed E-state index contributed by atoms with van der Waals surface area (Å²) in [4.78, 5) is 93.6. The van der Waals surface area contributed by atoms with E-state index < -0.39 is 84.1 Å². The van der Waals surface area contributed by atoms with Crippen molar-refractivity contribution < 1.29 is 43.8 Å². The number of fused-ring (bicyclic) bond motifs is 1. The van der Waals surface area contributed by atoms with Crippen LogP contribution >= 0.6 is 0 Å². The smallest absolute Gasteiger partial charge is 0.322 e. The molecule has 304 valence electrons. The van der Waals surface area contributed by atoms with Crippen molar-refractivity contribution >= 4 is 52.3 Å². The number of carboxylic acid groups (broad SMARTS) is 1. The van der Waals surface area contributed by atoms with Crippen molar-refractivity contribution in [2.24, 2.45) is 23.1 Å². The Bertz CT molecular complexity index is 1830. The number of aliphatic carboxylic acids is 1. The second kappa shape index (κ2) is 21.8. The highest BCUT2D eigenvalue weighted by atomic mass is 16.4. The lowest BCUT2D eigenvalue weighted by atomic mass is 9.99. The number of aromatic nitrogens is 1. The predicted molar refractivity (Wildman–Crippen MR) is 206 cm³/mol. The Morgan fingerprint density at radius 1 is 0.750 bits per heavy atom. The van der Waals surface area contributed by atoms with Gasteiger partial charge in [0.15, 0.2) is 0 Å². The number of H-pyrrole nitrogens is 1. The molecule has 1 aromatic heterocycles. The van der Waals surface area contributed by atoms with Crippen molar-refractivity contribution in [2.45, 2.75) is 89.0 Å². The van der Waals surface area contributed by atoms with Gasteiger partial charge >= 0.3 is 5.97 Å². The summed E-state index contributed by atoms with van der Waals surface area (Å²) in [5, 5.41) is 32.2. The fourth-order valence-electron chi connectivity index (χ4n) is 5.91. The van der Waals surface area contributed by atoms with E-state index in [0.29, 0.717) is 30.5 Å². The topological polar surface area (TPSA) is 314 Å². The largest absolute Gasteiger partial charge is 0.508 e. The van der Waals surface area contributed by atoms with Gasteiger partial charge in [-0.05, 0) is 73.9 Å². The number of unbranched alkanes of at least 4 members (excludes halogenated alkanes) is 1. The van der Waals surface area contributed by atoms with Crippen molar-refractivity contribution in [1.29, 1.82) is 0 Å². The van der Waals surface area contributed by atoms with Crippen molar-refractivity contribution in [2.75, 3.05) is 13.1 Å². The molecular weight excluding hydrogens is 726 g/mol. The number of para-hydroxylation sites is 1. The van der Waals surface area contributed by atoms with Crippen LogP contribution in [-0.2, 0) is 46.4 Å². The highest BCUT2D eigenvalue weighted by Crippen LogP contribution is 2.20. The first-order valence-electron chi connectivity index (χ1n) is 18.4. The third kappa shape index (κ3) is 14.0. The number of amides is 6. The van der Waals surface area contributed by atoms with Gasteiger partial charge in [-0.2, -0.15) is 0 Å². The van der Waals surface area contributed by atoms with Crippen LogP contribution in [-0.4, -0.2) is 99.9 Å². The monoisotopic (exact) mass is 779 g/mol. The Labute approximate surface area is 324 Å². The number of nitrogens with two attached hydrogens (primary N) is 3. The van der Waals surface area contributed by atoms with E-state index in [-0.39, 0.29) is 37.9 Å². The standard InChI is InChI=1S/C38H53N9O9/c1-21(2)33(47-34(52)26(40)17-22-10-12-24(48)13-11-22)38(56)46-30(18-23-19-42-27-8-4-3-7-25(23)27)37(55)44-28(9-5-6-16-39)36(54)45-29(14-15-31(41)49)35(53)43-20-32(50)51/h3-4,7-8,10-13,19,21,26,28-30,33,42,48H,5-6,9,14-18,20,39-40H2,1-2H3,(H2,41,49)(H,43,53)(H,44,55)(H,45,54)(H,46,56)(H,47,52)(H,50,51). The van der Waals surface area contributed by atoms with Crippen molar-refractivity contribution in [3.05, 3.63) is 65.9 Å². The van der Waals surface area contributed by atoms with E-state index in [1.165, 1.54) is 12.1 Å². The molecule has 18 nitrogen and oxygen atoms in total. The number of phenolic OH excluding ortho intramolecular Hbond substituents is 1. The molecule has 18 heteroatoms. The number of carbonyl (C=O) groups excluding carboxylic acids is 6. The Morgan fingerprint density at radius 3 is 2.00 bits per heavy atom. The molecule has 3 aromatic rings. The Kier molecular flexibility index (Phi) is 17.3. The minimum atomic E-state index is -1.36. The molecule has 0 saturated heterocycles. The molecule has 0 aliphatic rings. The number of hydrogen-bond donors (Lipinski definition) is 11. The number of rotatable bonds is 23. The number of carboxylic acids is 1. The number of phenols is 1. The number of nitrogens with one attached hydrogen (secondary N) is 6. The molecule has 0 spiro atoms. The summed E-state index contributed by atoms with van der Waals surface area (Å²) in [6, 6.07) is 7.48. The zero-order chi connectivity index (χ0) is 41.4. The van der Waals surface area contributed by atoms with E-state index in [0.717, 1.165) is 10.9 Å². The highest BCUT2D eigenvalue weighted by Gasteiger charge is 2.33. The van der Waals surface area contributed by atoms with Gasteiger partial charge in [-0.25, -0.2) is 0 Å². The molecule has 3 rings (SSSR count). The fourth-order valence-corrected chi connectivity index (χ4v) is 5.91. The molecular formula is C38H53N9O9. The zero-order valence-corrected chi connectivity index (χ0v) is 31.5. The minimum absolute atomic E-state index is 0.0311. The molecule has 0 bridgehead atoms. The van der Waals surface area contributed by atoms with Crippen LogP contribution in [0.5, 0.6) is 5.75 Å². The highest BCUT2D eigenvalue weighted by molar-refractivity contribution is 5.97. The van der Waals surface area contributed by atoms with Gasteiger partial charge in [0.25, 0.3) is 0 Å². The van der Waals surface area contributed by atoms with Crippen LogP contribution in [0.3, 0.4) is 0 Å². The molecule has 14 N–H and O–H groups in total. The first-order valence-corrected chi connectivity index (χ1v) is 18.4. The molecule has 6 amide bonds. The second-order valence-electron chi connectivity index (χ2n) is 13.9. The van der Waals surface area contributed by atoms with E-state index in [9.17, 15) is 38.7 Å². The lowest BCUT2D eigenvalue weighted by Crippen LogP contribution is -2.60. The first-order chi connectivity index (χ1) is 26.6. The number of aromatic hydroxyl groups is 1. The summed E-state index contributed by atoms with van der Waals surface area (Å²) in [5.74, 6) is -6.20. The van der Waals surface area contributed by atoms with Gasteiger partial charge in [-0.15, -0.1) is 0 Å². The molecule has 0 fully saturated rings. The Balaban J connectivity index is 1.88. The van der Waals surface area contributed by atoms with Crippen LogP contribution in [0, 0.1) is 5.92 Å². The third-order valence-corrected chi connectivity index (χ3v) is 9.01. The number of carbonyl (C=O) groups is 7. The molecule has 2 aromatic carbocycles. The number of hydrogen-bond acceptors (Lipinski definition) is 10. The lowest BCUT2D eigenvalue weighted by molar-refractivity contribution is -0.138. The minimum Gasteiger partial charge on any atom is -0.508 e. The van der Waals surface area contributed by atoms with Crippen LogP contribution in [0.15, 0.2) is 54.7 Å². The number of benzene rings is 2. The summed E-state index contributed by atoms with van der Waals surface area (Å²) < 4.78 is 0. The van der Waals surface area contributed by atoms with Crippen LogP contribution < -0.4 is 43.8 Å². The van der Waals surface area contributed by atoms with E-state index in [4.69, 9.17) is 22.3 Å². The van der Waals surface area contributed by atoms with E-state index in [1.807, 2.05) is 24.3 Å². The SMILES string of the molecule is CC(C)C(NC(=O)C(N)Cc1ccc(O)cc1)C(=O)NC(Cc1c[nH]c2ccccc12)C(=O)NC(CCCCN)C(=O)NC(CCC(N)=O)C(=O)NCC(=O)O. The fraction of sp³-hybridized carbons (Fsp3) is 0.447. The first kappa shape index (κ1) is 44.4. The summed E-state index contributed by atoms with van der Waals surface area (Å²) in [6.07, 6.45) is 2.21. The Morgan fingerprint density at radius 2 is 1.38 bits per heavy atom. The maximum atomic E-state index is 14.2. The lowest BCUT2D eigenvalue weighted by Gasteiger charge is -2.28. The van der Waals surface area contributed by atoms with Crippen molar-refractivity contribution in [3.8, 4) is 5.75 Å². The molecule has 0 radical (unpaired) electrons. The molecule has 0 aliphatic carbocycles. The maximum absolute atomic E-state index is 14.2. The van der Waals surface area contributed by atoms with Gasteiger partial charge in [-0.3, -0.25) is 33.6 Å². The molecule has 5 atom stereocenters. The third-order valence-electron chi connectivity index (χ3n) is 9.01. The molecule has 5 unspecified atom stereocenters. The summed E-state index contributed by atoms with van der Waals surface area (Å²) in [7, 11) is 0. The molecule has 0 aliphatic heterocycles. The number of primary amides is 1. The predicted octanol–water partition coefficient (Wildman–Crippen LogP) is -0.823. The second-order valence-corrected chi connectivity index (χ2v) is 13.9. The average molecular weight is 780 g/mol. The van der Waals surface area contributed by atoms with Crippen LogP contribution in [0.4, 0.5) is 0 Å². The molecule has 56 heavy (non-hydrogen) atoms. The van der Waals surface area contributed by atoms with E-state index >= 15 is 0 Å². The van der Waals surface area contributed by atoms with Gasteiger partial charge < -0.3 is 59.0 Å². The van der Waals surface area contributed by atoms with Crippen LogP contribution in [0.1, 0.15) is 57.1 Å². The average Bonchev–Trinajstić information content (AvgIpc) is 3.56. The molecule has 0 saturated carbocycles. The van der Waals surface area contributed by atoms with Crippen LogP contribution in [0.25, 0.3) is 10.9 Å². The van der Waals surface area contributed by atoms with Gasteiger partial charge in [0.2, 0.25) is 35.4 Å². The van der Waals surface area contributed by atoms with Gasteiger partial charge in [-0.1, -0.05) is 44.2 Å². The number of aromatic amines is 1. The summed E-state index contributed by atoms with van der Waals surface area (Å²) in [5.41, 5.74) is 19.3. The van der Waals surface area contributed by atoms with Crippen LogP contribution in [0.2, 0.25) is 0 Å². The quantitative estimate of drug-likeness (QED) is 0.0528. The van der Waals surface area contributed by atoms with Gasteiger partial charge in [0, 0.05) is 29.9 Å². The normalized spacial score (nSPS) is 13.8. The van der Waals surface area contributed by atoms with Crippen molar-refractivity contribution in [1.82, 2.24) is 31.6 Å². The zero-order valence-electron chi connectivity index (χ0n) is 31.5. The van der Waals surface area contributed by atoms with E-state index in [1.54, 1.807) is 32.2 Å².